The molecule has 0 aromatic carbocycles. The molecule has 3 saturated carbocycles. The zero-order chi connectivity index (χ0) is 31.1. The van der Waals surface area contributed by atoms with Crippen LogP contribution in [0.1, 0.15) is 72.1 Å². The van der Waals surface area contributed by atoms with Gasteiger partial charge in [-0.2, -0.15) is 0 Å². The Morgan fingerprint density at radius 2 is 1.81 bits per heavy atom. The molecule has 6 rings (SSSR count). The number of rotatable bonds is 7. The van der Waals surface area contributed by atoms with Crippen molar-refractivity contribution in [2.75, 3.05) is 13.2 Å². The molecular weight excluding hydrogens is 556 g/mol. The molecule has 0 bridgehead atoms. The van der Waals surface area contributed by atoms with Crippen LogP contribution in [-0.4, -0.2) is 104 Å². The maximum Gasteiger partial charge on any atom is 0.187 e. The van der Waals surface area contributed by atoms with Gasteiger partial charge in [-0.05, 0) is 67.6 Å². The topological polar surface area (TPSA) is 169 Å². The molecule has 5 fully saturated rings. The molecule has 244 valence electrons. The quantitative estimate of drug-likeness (QED) is 0.210. The first kappa shape index (κ1) is 32.0. The maximum atomic E-state index is 11.8. The van der Waals surface area contributed by atoms with E-state index in [-0.39, 0.29) is 35.4 Å². The third-order valence-corrected chi connectivity index (χ3v) is 13.0. The lowest BCUT2D eigenvalue weighted by atomic mass is 9.46. The van der Waals surface area contributed by atoms with Gasteiger partial charge in [0.15, 0.2) is 12.1 Å². The van der Waals surface area contributed by atoms with Gasteiger partial charge in [-0.3, -0.25) is 0 Å². The molecule has 0 amide bonds. The Bertz CT molecular complexity index is 1100. The van der Waals surface area contributed by atoms with Crippen molar-refractivity contribution in [1.82, 2.24) is 0 Å². The summed E-state index contributed by atoms with van der Waals surface area (Å²) in [6.45, 7) is 10.3. The first-order valence-corrected chi connectivity index (χ1v) is 16.3. The van der Waals surface area contributed by atoms with Gasteiger partial charge in [-0.25, -0.2) is 0 Å². The summed E-state index contributed by atoms with van der Waals surface area (Å²) in [7, 11) is 0. The second-order valence-corrected chi connectivity index (χ2v) is 15.1. The third-order valence-electron chi connectivity index (χ3n) is 13.0. The molecule has 2 saturated heterocycles. The van der Waals surface area contributed by atoms with Gasteiger partial charge >= 0.3 is 0 Å². The van der Waals surface area contributed by atoms with E-state index in [0.717, 1.165) is 25.7 Å². The Balaban J connectivity index is 1.08. The molecule has 43 heavy (non-hydrogen) atoms. The normalized spacial score (nSPS) is 54.3. The van der Waals surface area contributed by atoms with Crippen LogP contribution in [0.25, 0.3) is 0 Å². The summed E-state index contributed by atoms with van der Waals surface area (Å²) >= 11 is 0. The molecule has 7 N–H and O–H groups in total. The molecule has 2 aliphatic heterocycles. The van der Waals surface area contributed by atoms with Crippen LogP contribution in [0.15, 0.2) is 23.8 Å². The van der Waals surface area contributed by atoms with Gasteiger partial charge in [-0.1, -0.05) is 44.6 Å². The van der Waals surface area contributed by atoms with Crippen LogP contribution in [0.5, 0.6) is 0 Å². The summed E-state index contributed by atoms with van der Waals surface area (Å²) in [6, 6.07) is 0. The standard InChI is InChI=1S/C33H52O10/c1-16(15-41-30-29(39)28(38)27(37)24(14-34)42-30)7-10-33(40)17(2)26-23(43-33)13-22-20-6-5-18-11-19(35)12-25(36)32(18,4)21(20)8-9-31(22,26)3/h5,17,19-30,34-40H,1,6-15H2,2-4H3/t17-,19-,20+,21-,22-,23-,24+,25+,26-,27+,28-,29+,30+,31-,32-,33+/m0/s1. The van der Waals surface area contributed by atoms with Crippen LogP contribution in [0.2, 0.25) is 0 Å². The van der Waals surface area contributed by atoms with Gasteiger partial charge < -0.3 is 50.0 Å². The van der Waals surface area contributed by atoms with Crippen molar-refractivity contribution in [2.24, 2.45) is 40.4 Å². The highest BCUT2D eigenvalue weighted by Crippen LogP contribution is 2.70. The number of aliphatic hydroxyl groups excluding tert-OH is 6. The van der Waals surface area contributed by atoms with Crippen LogP contribution < -0.4 is 0 Å². The average Bonchev–Trinajstić information content (AvgIpc) is 3.40. The van der Waals surface area contributed by atoms with E-state index in [2.05, 4.69) is 33.4 Å². The molecule has 4 aliphatic carbocycles. The van der Waals surface area contributed by atoms with E-state index < -0.39 is 55.3 Å². The minimum atomic E-state index is -1.51. The molecule has 0 spiro atoms. The highest BCUT2D eigenvalue weighted by atomic mass is 16.7. The SMILES string of the molecule is C=C(CC[C@@]1(O)O[C@H]2C[C@H]3[C@@H]4CC=C5C[C@H](O)C[C@@H](O)[C@]5(C)[C@H]4CC[C@]3(C)[C@H]2[C@@H]1C)CO[C@@H]1O[C@H](CO)[C@@H](O)[C@H](O)[C@H]1O. The minimum Gasteiger partial charge on any atom is -0.394 e. The van der Waals surface area contributed by atoms with E-state index in [1.807, 2.05) is 0 Å². The minimum absolute atomic E-state index is 0.0139. The monoisotopic (exact) mass is 608 g/mol. The van der Waals surface area contributed by atoms with Crippen LogP contribution in [0.3, 0.4) is 0 Å². The fourth-order valence-electron chi connectivity index (χ4n) is 10.5. The van der Waals surface area contributed by atoms with Crippen molar-refractivity contribution in [2.45, 2.75) is 127 Å². The van der Waals surface area contributed by atoms with Crippen molar-refractivity contribution >= 4 is 0 Å². The Kier molecular flexibility index (Phi) is 8.49. The van der Waals surface area contributed by atoms with Crippen molar-refractivity contribution in [1.29, 1.82) is 0 Å². The highest BCUT2D eigenvalue weighted by molar-refractivity contribution is 5.28. The van der Waals surface area contributed by atoms with E-state index in [1.165, 1.54) is 5.57 Å². The van der Waals surface area contributed by atoms with Crippen LogP contribution in [0, 0.1) is 40.4 Å². The Hall–Kier alpha value is -0.920. The number of ether oxygens (including phenoxy) is 3. The maximum absolute atomic E-state index is 11.8. The Morgan fingerprint density at radius 1 is 1.07 bits per heavy atom. The second-order valence-electron chi connectivity index (χ2n) is 15.1. The summed E-state index contributed by atoms with van der Waals surface area (Å²) in [5.74, 6) is 0.124. The average molecular weight is 609 g/mol. The van der Waals surface area contributed by atoms with Gasteiger partial charge in [0.1, 0.15) is 24.4 Å². The van der Waals surface area contributed by atoms with Crippen LogP contribution in [0.4, 0.5) is 0 Å². The number of fused-ring (bicyclic) bond motifs is 7. The highest BCUT2D eigenvalue weighted by Gasteiger charge is 2.68. The summed E-state index contributed by atoms with van der Waals surface area (Å²) in [4.78, 5) is 0. The van der Waals surface area contributed by atoms with Crippen molar-refractivity contribution in [3.05, 3.63) is 23.8 Å². The zero-order valence-corrected chi connectivity index (χ0v) is 25.7. The van der Waals surface area contributed by atoms with E-state index in [9.17, 15) is 35.7 Å². The number of allylic oxidation sites excluding steroid dienone is 1. The first-order valence-electron chi connectivity index (χ1n) is 16.3. The summed E-state index contributed by atoms with van der Waals surface area (Å²) in [5, 5.41) is 72.9. The number of aliphatic hydroxyl groups is 7. The summed E-state index contributed by atoms with van der Waals surface area (Å²) in [5.41, 5.74) is 1.64. The summed E-state index contributed by atoms with van der Waals surface area (Å²) < 4.78 is 17.6. The lowest BCUT2D eigenvalue weighted by Crippen LogP contribution is -2.59. The molecule has 0 radical (unpaired) electrons. The van der Waals surface area contributed by atoms with Crippen molar-refractivity contribution in [3.8, 4) is 0 Å². The summed E-state index contributed by atoms with van der Waals surface area (Å²) in [6.07, 6.45) is 0.393. The van der Waals surface area contributed by atoms with E-state index in [1.54, 1.807) is 0 Å². The molecule has 0 unspecified atom stereocenters. The second kappa shape index (κ2) is 11.4. The molecule has 2 heterocycles. The number of hydrogen-bond acceptors (Lipinski definition) is 10. The molecule has 0 aromatic rings. The van der Waals surface area contributed by atoms with E-state index in [0.29, 0.717) is 49.0 Å². The molecule has 0 aromatic heterocycles. The fourth-order valence-corrected chi connectivity index (χ4v) is 10.5. The van der Waals surface area contributed by atoms with Crippen molar-refractivity contribution in [3.63, 3.8) is 0 Å². The van der Waals surface area contributed by atoms with Gasteiger partial charge in [0.2, 0.25) is 0 Å². The van der Waals surface area contributed by atoms with Gasteiger partial charge in [-0.15, -0.1) is 0 Å². The smallest absolute Gasteiger partial charge is 0.187 e. The first-order chi connectivity index (χ1) is 20.2. The molecule has 16 atom stereocenters. The van der Waals surface area contributed by atoms with Crippen molar-refractivity contribution < 1.29 is 50.0 Å². The van der Waals surface area contributed by atoms with Crippen LogP contribution in [-0.2, 0) is 14.2 Å². The largest absolute Gasteiger partial charge is 0.394 e. The lowest BCUT2D eigenvalue weighted by Gasteiger charge is -2.59. The van der Waals surface area contributed by atoms with E-state index in [4.69, 9.17) is 14.2 Å². The van der Waals surface area contributed by atoms with Crippen LogP contribution >= 0.6 is 0 Å². The lowest BCUT2D eigenvalue weighted by molar-refractivity contribution is -0.299. The molecule has 6 aliphatic rings. The van der Waals surface area contributed by atoms with Gasteiger partial charge in [0, 0.05) is 24.2 Å². The predicted octanol–water partition coefficient (Wildman–Crippen LogP) is 1.38. The van der Waals surface area contributed by atoms with Gasteiger partial charge in [0.05, 0.1) is 31.5 Å². The van der Waals surface area contributed by atoms with Gasteiger partial charge in [0.25, 0.3) is 0 Å². The predicted molar refractivity (Wildman–Crippen MR) is 155 cm³/mol. The zero-order valence-electron chi connectivity index (χ0n) is 25.7. The van der Waals surface area contributed by atoms with E-state index >= 15 is 0 Å². The Labute approximate surface area is 254 Å². The third kappa shape index (κ3) is 4.99. The molecule has 10 heteroatoms. The number of hydrogen-bond donors (Lipinski definition) is 7. The molecule has 10 nitrogen and oxygen atoms in total. The molecular formula is C33H52O10. The Morgan fingerprint density at radius 3 is 2.53 bits per heavy atom. The fraction of sp³-hybridized carbons (Fsp3) is 0.879.